The molecule has 0 fully saturated rings. The Balaban J connectivity index is 1.59. The number of fused-ring (bicyclic) bond motifs is 1. The maximum Gasteiger partial charge on any atom is 0.390 e. The fourth-order valence-corrected chi connectivity index (χ4v) is 4.59. The van der Waals surface area contributed by atoms with Crippen molar-refractivity contribution in [2.45, 2.75) is 58.4 Å². The lowest BCUT2D eigenvalue weighted by Gasteiger charge is -2.04. The normalized spacial score (nSPS) is 13.5. The number of rotatable bonds is 6. The van der Waals surface area contributed by atoms with Crippen LogP contribution in [0.25, 0.3) is 0 Å². The number of nitrogens with one attached hydrogen (secondary N) is 1. The van der Waals surface area contributed by atoms with Crippen molar-refractivity contribution in [3.05, 3.63) is 37.9 Å². The van der Waals surface area contributed by atoms with Gasteiger partial charge >= 0.3 is 5.82 Å². The molecular weight excluding hydrogens is 366 g/mol. The zero-order valence-electron chi connectivity index (χ0n) is 15.2. The molecule has 0 saturated carbocycles. The molecule has 2 aromatic heterocycles. The predicted molar refractivity (Wildman–Crippen MR) is 102 cm³/mol. The van der Waals surface area contributed by atoms with Crippen molar-refractivity contribution >= 4 is 28.1 Å². The van der Waals surface area contributed by atoms with Crippen LogP contribution in [-0.2, 0) is 24.2 Å². The fourth-order valence-electron chi connectivity index (χ4n) is 3.34. The first-order valence-corrected chi connectivity index (χ1v) is 9.84. The minimum Gasteiger partial charge on any atom is -0.358 e. The van der Waals surface area contributed by atoms with Crippen molar-refractivity contribution in [2.24, 2.45) is 0 Å². The van der Waals surface area contributed by atoms with E-state index >= 15 is 0 Å². The van der Waals surface area contributed by atoms with Crippen LogP contribution in [0.5, 0.6) is 0 Å². The average molecular weight is 387 g/mol. The van der Waals surface area contributed by atoms with Gasteiger partial charge in [0.05, 0.1) is 29.0 Å². The summed E-state index contributed by atoms with van der Waals surface area (Å²) >= 11 is 1.52. The third kappa shape index (κ3) is 4.34. The van der Waals surface area contributed by atoms with E-state index < -0.39 is 4.92 Å². The number of hydrogen-bond acceptors (Lipinski definition) is 6. The van der Waals surface area contributed by atoms with Gasteiger partial charge in [0.25, 0.3) is 0 Å². The van der Waals surface area contributed by atoms with Crippen molar-refractivity contribution in [3.63, 3.8) is 0 Å². The molecule has 0 bridgehead atoms. The van der Waals surface area contributed by atoms with Gasteiger partial charge in [-0.25, -0.2) is 0 Å². The van der Waals surface area contributed by atoms with E-state index in [1.807, 2.05) is 0 Å². The summed E-state index contributed by atoms with van der Waals surface area (Å²) in [4.78, 5) is 23.7. The van der Waals surface area contributed by atoms with Crippen LogP contribution in [-0.4, -0.2) is 20.6 Å². The van der Waals surface area contributed by atoms with Gasteiger partial charge in [-0.05, 0) is 49.5 Å². The molecule has 0 atom stereocenters. The van der Waals surface area contributed by atoms with Crippen LogP contribution < -0.4 is 5.32 Å². The SMILES string of the molecule is Cc1cc([N+](=O)[O-])nn1CCCC(=O)Nc1sc2c(c1C#N)CCCCC2. The van der Waals surface area contributed by atoms with E-state index in [-0.39, 0.29) is 18.1 Å². The lowest BCUT2D eigenvalue weighted by atomic mass is 10.1. The summed E-state index contributed by atoms with van der Waals surface area (Å²) in [5, 5.41) is 27.7. The van der Waals surface area contributed by atoms with Crippen molar-refractivity contribution in [1.82, 2.24) is 9.78 Å². The fraction of sp³-hybridized carbons (Fsp3) is 0.500. The summed E-state index contributed by atoms with van der Waals surface area (Å²) < 4.78 is 1.54. The second-order valence-electron chi connectivity index (χ2n) is 6.66. The van der Waals surface area contributed by atoms with Gasteiger partial charge in [-0.3, -0.25) is 4.79 Å². The topological polar surface area (TPSA) is 114 Å². The highest BCUT2D eigenvalue weighted by atomic mass is 32.1. The summed E-state index contributed by atoms with van der Waals surface area (Å²) in [5.41, 5.74) is 2.41. The van der Waals surface area contributed by atoms with E-state index in [1.54, 1.807) is 11.6 Å². The van der Waals surface area contributed by atoms with Crippen molar-refractivity contribution in [3.8, 4) is 6.07 Å². The standard InChI is InChI=1S/C18H21N5O3S/c1-12-10-16(23(25)26)21-22(12)9-5-8-17(24)20-18-14(11-19)13-6-3-2-4-7-15(13)27-18/h10H,2-9H2,1H3,(H,20,24). The van der Waals surface area contributed by atoms with Crippen LogP contribution in [0.4, 0.5) is 10.8 Å². The van der Waals surface area contributed by atoms with Gasteiger partial charge in [-0.2, -0.15) is 9.94 Å². The molecule has 1 amide bonds. The van der Waals surface area contributed by atoms with E-state index in [4.69, 9.17) is 0 Å². The summed E-state index contributed by atoms with van der Waals surface area (Å²) in [5.74, 6) is -0.335. The molecule has 0 radical (unpaired) electrons. The van der Waals surface area contributed by atoms with E-state index in [0.717, 1.165) is 31.2 Å². The van der Waals surface area contributed by atoms with Gasteiger partial charge in [-0.15, -0.1) is 11.3 Å². The van der Waals surface area contributed by atoms with Gasteiger partial charge in [0.15, 0.2) is 0 Å². The predicted octanol–water partition coefficient (Wildman–Crippen LogP) is 3.72. The average Bonchev–Trinajstić information content (AvgIpc) is 3.06. The van der Waals surface area contributed by atoms with E-state index in [2.05, 4.69) is 16.5 Å². The van der Waals surface area contributed by atoms with Gasteiger partial charge in [0.1, 0.15) is 11.1 Å². The molecule has 142 valence electrons. The van der Waals surface area contributed by atoms with E-state index in [1.165, 1.54) is 28.7 Å². The lowest BCUT2D eigenvalue weighted by Crippen LogP contribution is -2.13. The van der Waals surface area contributed by atoms with Gasteiger partial charge < -0.3 is 15.4 Å². The number of aromatic nitrogens is 2. The quantitative estimate of drug-likeness (QED) is 0.461. The minimum absolute atomic E-state index is 0.151. The second-order valence-corrected chi connectivity index (χ2v) is 7.76. The monoisotopic (exact) mass is 387 g/mol. The molecular formula is C18H21N5O3S. The number of amides is 1. The number of nitrogens with zero attached hydrogens (tertiary/aromatic N) is 4. The third-order valence-electron chi connectivity index (χ3n) is 4.72. The number of nitro groups is 1. The summed E-state index contributed by atoms with van der Waals surface area (Å²) in [6.07, 6.45) is 6.05. The largest absolute Gasteiger partial charge is 0.390 e. The van der Waals surface area contributed by atoms with Crippen LogP contribution in [0.15, 0.2) is 6.07 Å². The number of hydrogen-bond donors (Lipinski definition) is 1. The Morgan fingerprint density at radius 3 is 2.93 bits per heavy atom. The number of carbonyl (C=O) groups is 1. The third-order valence-corrected chi connectivity index (χ3v) is 5.92. The number of carbonyl (C=O) groups excluding carboxylic acids is 1. The van der Waals surface area contributed by atoms with Crippen molar-refractivity contribution in [2.75, 3.05) is 5.32 Å². The number of nitriles is 1. The highest BCUT2D eigenvalue weighted by Gasteiger charge is 2.21. The van der Waals surface area contributed by atoms with Gasteiger partial charge in [0.2, 0.25) is 5.91 Å². The summed E-state index contributed by atoms with van der Waals surface area (Å²) in [6, 6.07) is 3.67. The van der Waals surface area contributed by atoms with Crippen molar-refractivity contribution < 1.29 is 9.72 Å². The van der Waals surface area contributed by atoms with Gasteiger partial charge in [0, 0.05) is 11.3 Å². The van der Waals surface area contributed by atoms with Crippen LogP contribution in [0.1, 0.15) is 53.8 Å². The summed E-state index contributed by atoms with van der Waals surface area (Å²) in [7, 11) is 0. The highest BCUT2D eigenvalue weighted by Crippen LogP contribution is 2.37. The molecule has 8 nitrogen and oxygen atoms in total. The molecule has 0 aromatic carbocycles. The first kappa shape index (κ1) is 19.0. The van der Waals surface area contributed by atoms with E-state index in [0.29, 0.717) is 29.2 Å². The molecule has 2 heterocycles. The molecule has 0 spiro atoms. The Bertz CT molecular complexity index is 909. The maximum atomic E-state index is 12.3. The molecule has 3 rings (SSSR count). The molecule has 0 unspecified atom stereocenters. The summed E-state index contributed by atoms with van der Waals surface area (Å²) in [6.45, 7) is 2.18. The molecule has 1 aliphatic carbocycles. The van der Waals surface area contributed by atoms with Crippen LogP contribution in [0.3, 0.4) is 0 Å². The maximum absolute atomic E-state index is 12.3. The van der Waals surface area contributed by atoms with Crippen LogP contribution >= 0.6 is 11.3 Å². The second kappa shape index (κ2) is 8.31. The Hall–Kier alpha value is -2.73. The number of thiophene rings is 1. The zero-order chi connectivity index (χ0) is 19.4. The Morgan fingerprint density at radius 2 is 2.22 bits per heavy atom. The van der Waals surface area contributed by atoms with E-state index in [9.17, 15) is 20.2 Å². The Kier molecular flexibility index (Phi) is 5.86. The van der Waals surface area contributed by atoms with Gasteiger partial charge in [-0.1, -0.05) is 6.42 Å². The minimum atomic E-state index is -0.527. The lowest BCUT2D eigenvalue weighted by molar-refractivity contribution is -0.389. The Labute approximate surface area is 161 Å². The first-order valence-electron chi connectivity index (χ1n) is 9.03. The number of anilines is 1. The Morgan fingerprint density at radius 1 is 1.44 bits per heavy atom. The molecule has 0 saturated heterocycles. The highest BCUT2D eigenvalue weighted by molar-refractivity contribution is 7.16. The first-order chi connectivity index (χ1) is 13.0. The molecule has 1 aliphatic rings. The van der Waals surface area contributed by atoms with Crippen molar-refractivity contribution in [1.29, 1.82) is 5.26 Å². The van der Waals surface area contributed by atoms with Crippen LogP contribution in [0, 0.1) is 28.4 Å². The molecule has 9 heteroatoms. The van der Waals surface area contributed by atoms with Crippen LogP contribution in [0.2, 0.25) is 0 Å². The zero-order valence-corrected chi connectivity index (χ0v) is 16.0. The molecule has 2 aromatic rings. The molecule has 27 heavy (non-hydrogen) atoms. The molecule has 0 aliphatic heterocycles. The number of aryl methyl sites for hydroxylation is 3. The smallest absolute Gasteiger partial charge is 0.358 e. The molecule has 1 N–H and O–H groups in total.